The Morgan fingerprint density at radius 3 is 2.57 bits per heavy atom. The second kappa shape index (κ2) is 6.85. The number of aliphatic hydroxyl groups is 1. The minimum Gasteiger partial charge on any atom is -0.508 e. The van der Waals surface area contributed by atoms with Crippen molar-refractivity contribution >= 4 is 11.0 Å². The van der Waals surface area contributed by atoms with Crippen molar-refractivity contribution in [3.63, 3.8) is 0 Å². The molecule has 0 aliphatic carbocycles. The molecule has 1 aliphatic rings. The average Bonchev–Trinajstić information content (AvgIpc) is 3.05. The van der Waals surface area contributed by atoms with Crippen molar-refractivity contribution in [3.8, 4) is 28.6 Å². The van der Waals surface area contributed by atoms with E-state index < -0.39 is 11.2 Å². The number of hydrogen-bond donors (Lipinski definition) is 4. The third kappa shape index (κ3) is 2.71. The Morgan fingerprint density at radius 2 is 1.86 bits per heavy atom. The highest BCUT2D eigenvalue weighted by molar-refractivity contribution is 5.87. The molecule has 146 valence electrons. The Labute approximate surface area is 160 Å². The minimum atomic E-state index is -0.646. The summed E-state index contributed by atoms with van der Waals surface area (Å²) in [6.45, 7) is 0.617. The van der Waals surface area contributed by atoms with Gasteiger partial charge in [-0.3, -0.25) is 4.79 Å². The van der Waals surface area contributed by atoms with Crippen molar-refractivity contribution in [1.29, 1.82) is 0 Å². The number of likely N-dealkylation sites (tertiary alicyclic amines) is 1. The normalized spacial score (nSPS) is 20.1. The van der Waals surface area contributed by atoms with Crippen LogP contribution in [0.5, 0.6) is 17.2 Å². The van der Waals surface area contributed by atoms with Crippen molar-refractivity contribution < 1.29 is 24.8 Å². The van der Waals surface area contributed by atoms with Crippen LogP contribution in [0, 0.1) is 0 Å². The van der Waals surface area contributed by atoms with Gasteiger partial charge >= 0.3 is 0 Å². The molecule has 0 saturated carbocycles. The van der Waals surface area contributed by atoms with E-state index in [0.29, 0.717) is 12.0 Å². The standard InChI is InChI=1S/C21H21NO6/c1-22-9-8-11(14(22)10-23)17-16(25)7-6-13-18(26)19(27)21(28-20(13)17)12-4-2-3-5-15(12)24/h2-7,11,14,23-25,27H,8-10H2,1H3. The fraction of sp³-hybridized carbons (Fsp3) is 0.286. The Hall–Kier alpha value is -3.03. The van der Waals surface area contributed by atoms with Gasteiger partial charge < -0.3 is 29.7 Å². The smallest absolute Gasteiger partial charge is 0.235 e. The molecule has 2 atom stereocenters. The molecule has 1 saturated heterocycles. The third-order valence-electron chi connectivity index (χ3n) is 5.58. The van der Waals surface area contributed by atoms with E-state index in [1.54, 1.807) is 12.1 Å². The fourth-order valence-electron chi connectivity index (χ4n) is 4.08. The first kappa shape index (κ1) is 18.3. The molecule has 7 nitrogen and oxygen atoms in total. The summed E-state index contributed by atoms with van der Waals surface area (Å²) in [7, 11) is 1.89. The van der Waals surface area contributed by atoms with E-state index >= 15 is 0 Å². The highest BCUT2D eigenvalue weighted by Crippen LogP contribution is 2.43. The predicted octanol–water partition coefficient (Wildman–Crippen LogP) is 2.36. The lowest BCUT2D eigenvalue weighted by Gasteiger charge is -2.24. The number of hydrogen-bond acceptors (Lipinski definition) is 7. The van der Waals surface area contributed by atoms with Crippen molar-refractivity contribution in [2.24, 2.45) is 0 Å². The molecule has 0 amide bonds. The van der Waals surface area contributed by atoms with E-state index in [1.165, 1.54) is 24.3 Å². The largest absolute Gasteiger partial charge is 0.508 e. The van der Waals surface area contributed by atoms with E-state index in [4.69, 9.17) is 4.42 Å². The summed E-state index contributed by atoms with van der Waals surface area (Å²) >= 11 is 0. The highest BCUT2D eigenvalue weighted by Gasteiger charge is 2.36. The summed E-state index contributed by atoms with van der Waals surface area (Å²) in [5, 5.41) is 41.1. The van der Waals surface area contributed by atoms with Gasteiger partial charge in [-0.25, -0.2) is 0 Å². The van der Waals surface area contributed by atoms with Crippen molar-refractivity contribution in [3.05, 3.63) is 52.2 Å². The Kier molecular flexibility index (Phi) is 4.49. The lowest BCUT2D eigenvalue weighted by atomic mass is 9.89. The lowest BCUT2D eigenvalue weighted by molar-refractivity contribution is 0.172. The Balaban J connectivity index is 2.03. The molecule has 1 fully saturated rings. The first-order chi connectivity index (χ1) is 13.4. The molecule has 0 spiro atoms. The van der Waals surface area contributed by atoms with E-state index in [0.717, 1.165) is 6.54 Å². The van der Waals surface area contributed by atoms with Gasteiger partial charge in [0.25, 0.3) is 0 Å². The SMILES string of the molecule is CN1CCC(c2c(O)ccc3c(=O)c(O)c(-c4ccccc4O)oc23)C1CO. The number of aromatic hydroxyl groups is 3. The highest BCUT2D eigenvalue weighted by atomic mass is 16.4. The van der Waals surface area contributed by atoms with Crippen molar-refractivity contribution in [2.45, 2.75) is 18.4 Å². The molecule has 1 aliphatic heterocycles. The molecule has 3 aromatic rings. The number of fused-ring (bicyclic) bond motifs is 1. The van der Waals surface area contributed by atoms with Gasteiger partial charge in [0.2, 0.25) is 11.2 Å². The van der Waals surface area contributed by atoms with Crippen LogP contribution < -0.4 is 5.43 Å². The zero-order chi connectivity index (χ0) is 20.0. The van der Waals surface area contributed by atoms with E-state index in [2.05, 4.69) is 0 Å². The van der Waals surface area contributed by atoms with Gasteiger partial charge in [-0.1, -0.05) is 12.1 Å². The molecule has 2 heterocycles. The lowest BCUT2D eigenvalue weighted by Crippen LogP contribution is -2.32. The van der Waals surface area contributed by atoms with Crippen LogP contribution in [0.15, 0.2) is 45.6 Å². The first-order valence-corrected chi connectivity index (χ1v) is 9.05. The second-order valence-electron chi connectivity index (χ2n) is 7.13. The molecule has 0 radical (unpaired) electrons. The zero-order valence-corrected chi connectivity index (χ0v) is 15.3. The molecule has 1 aromatic heterocycles. The van der Waals surface area contributed by atoms with E-state index in [-0.39, 0.29) is 52.4 Å². The van der Waals surface area contributed by atoms with Gasteiger partial charge in [-0.05, 0) is 44.3 Å². The fourth-order valence-corrected chi connectivity index (χ4v) is 4.08. The number of nitrogens with zero attached hydrogens (tertiary/aromatic N) is 1. The molecular formula is C21H21NO6. The summed E-state index contributed by atoms with van der Waals surface area (Å²) < 4.78 is 5.92. The van der Waals surface area contributed by atoms with E-state index in [9.17, 15) is 25.2 Å². The molecular weight excluding hydrogens is 362 g/mol. The van der Waals surface area contributed by atoms with Crippen LogP contribution in [0.2, 0.25) is 0 Å². The Bertz CT molecular complexity index is 1110. The maximum absolute atomic E-state index is 12.8. The second-order valence-corrected chi connectivity index (χ2v) is 7.13. The molecule has 2 aromatic carbocycles. The summed E-state index contributed by atoms with van der Waals surface area (Å²) in [4.78, 5) is 14.8. The maximum Gasteiger partial charge on any atom is 0.235 e. The van der Waals surface area contributed by atoms with Gasteiger partial charge in [0.15, 0.2) is 5.76 Å². The molecule has 7 heteroatoms. The summed E-state index contributed by atoms with van der Waals surface area (Å²) in [6.07, 6.45) is 0.672. The number of rotatable bonds is 3. The third-order valence-corrected chi connectivity index (χ3v) is 5.58. The first-order valence-electron chi connectivity index (χ1n) is 9.05. The predicted molar refractivity (Wildman–Crippen MR) is 104 cm³/mol. The summed E-state index contributed by atoms with van der Waals surface area (Å²) in [5.41, 5.74) is 0.109. The number of para-hydroxylation sites is 1. The minimum absolute atomic E-state index is 0.0386. The van der Waals surface area contributed by atoms with Gasteiger partial charge in [0.05, 0.1) is 17.6 Å². The molecule has 0 bridgehead atoms. The molecule has 28 heavy (non-hydrogen) atoms. The molecule has 4 rings (SSSR count). The summed E-state index contributed by atoms with van der Waals surface area (Å²) in [5.74, 6) is -1.19. The van der Waals surface area contributed by atoms with Gasteiger partial charge in [-0.15, -0.1) is 0 Å². The zero-order valence-electron chi connectivity index (χ0n) is 15.3. The van der Waals surface area contributed by atoms with Crippen LogP contribution in [0.4, 0.5) is 0 Å². The number of likely N-dealkylation sites (N-methyl/N-ethyl adjacent to an activating group) is 1. The van der Waals surface area contributed by atoms with Crippen LogP contribution in [-0.2, 0) is 0 Å². The van der Waals surface area contributed by atoms with Gasteiger partial charge in [0.1, 0.15) is 17.1 Å². The number of phenols is 2. The number of phenolic OH excluding ortho intramolecular Hbond substituents is 2. The average molecular weight is 383 g/mol. The monoisotopic (exact) mass is 383 g/mol. The Morgan fingerprint density at radius 1 is 1.11 bits per heavy atom. The molecule has 4 N–H and O–H groups in total. The number of aliphatic hydroxyl groups excluding tert-OH is 1. The van der Waals surface area contributed by atoms with Gasteiger partial charge in [0, 0.05) is 17.5 Å². The van der Waals surface area contributed by atoms with Crippen molar-refractivity contribution in [1.82, 2.24) is 4.90 Å². The van der Waals surface area contributed by atoms with Crippen LogP contribution in [-0.4, -0.2) is 51.6 Å². The van der Waals surface area contributed by atoms with Gasteiger partial charge in [-0.2, -0.15) is 0 Å². The summed E-state index contributed by atoms with van der Waals surface area (Å²) in [6, 6.07) is 8.80. The number of benzene rings is 2. The van der Waals surface area contributed by atoms with Crippen LogP contribution in [0.25, 0.3) is 22.3 Å². The van der Waals surface area contributed by atoms with Crippen LogP contribution in [0.1, 0.15) is 17.9 Å². The quantitative estimate of drug-likeness (QED) is 0.549. The topological polar surface area (TPSA) is 114 Å². The molecule has 2 unspecified atom stereocenters. The van der Waals surface area contributed by atoms with Crippen LogP contribution >= 0.6 is 0 Å². The maximum atomic E-state index is 12.8. The van der Waals surface area contributed by atoms with E-state index in [1.807, 2.05) is 11.9 Å². The van der Waals surface area contributed by atoms with Crippen molar-refractivity contribution in [2.75, 3.05) is 20.2 Å². The van der Waals surface area contributed by atoms with Crippen LogP contribution in [0.3, 0.4) is 0 Å².